The third kappa shape index (κ3) is 4.24. The Bertz CT molecular complexity index is 917. The molecule has 0 saturated heterocycles. The molecule has 2 aromatic rings. The summed E-state index contributed by atoms with van der Waals surface area (Å²) in [7, 11) is 0. The molecule has 6 nitrogen and oxygen atoms in total. The zero-order valence-corrected chi connectivity index (χ0v) is 16.1. The van der Waals surface area contributed by atoms with Crippen molar-refractivity contribution >= 4 is 23.0 Å². The van der Waals surface area contributed by atoms with E-state index in [-0.39, 0.29) is 16.9 Å². The molecular weight excluding hydrogens is 357 g/mol. The number of halogens is 1. The van der Waals surface area contributed by atoms with Crippen molar-refractivity contribution in [2.45, 2.75) is 38.5 Å². The van der Waals surface area contributed by atoms with Crippen molar-refractivity contribution < 1.29 is 9.18 Å². The first kappa shape index (κ1) is 19.7. The van der Waals surface area contributed by atoms with Gasteiger partial charge in [0.1, 0.15) is 17.3 Å². The number of nitrogens with one attached hydrogen (secondary N) is 1. The van der Waals surface area contributed by atoms with Crippen LogP contribution in [0.4, 0.5) is 10.2 Å². The van der Waals surface area contributed by atoms with Gasteiger partial charge in [0.25, 0.3) is 5.91 Å². The predicted octanol–water partition coefficient (Wildman–Crippen LogP) is 3.46. The number of allylic oxidation sites excluding steroid dienone is 1. The van der Waals surface area contributed by atoms with E-state index in [1.54, 1.807) is 31.6 Å². The molecule has 1 saturated carbocycles. The van der Waals surface area contributed by atoms with Crippen LogP contribution in [0.1, 0.15) is 44.4 Å². The van der Waals surface area contributed by atoms with E-state index in [1.165, 1.54) is 6.07 Å². The van der Waals surface area contributed by atoms with Crippen LogP contribution in [0.15, 0.2) is 47.9 Å². The van der Waals surface area contributed by atoms with Gasteiger partial charge in [0, 0.05) is 30.6 Å². The Kier molecular flexibility index (Phi) is 5.82. The lowest BCUT2D eigenvalue weighted by atomic mass is 9.66. The molecule has 1 aliphatic carbocycles. The number of carbonyl (C=O) groups is 1. The van der Waals surface area contributed by atoms with E-state index >= 15 is 0 Å². The molecule has 0 spiro atoms. The summed E-state index contributed by atoms with van der Waals surface area (Å²) in [6, 6.07) is 6.88. The van der Waals surface area contributed by atoms with Gasteiger partial charge in [-0.15, -0.1) is 0 Å². The highest BCUT2D eigenvalue weighted by atomic mass is 19.1. The van der Waals surface area contributed by atoms with Gasteiger partial charge in [0.15, 0.2) is 0 Å². The molecule has 3 rings (SSSR count). The molecule has 0 unspecified atom stereocenters. The number of primary amides is 1. The first-order chi connectivity index (χ1) is 13.4. The second-order valence-electron chi connectivity index (χ2n) is 7.14. The summed E-state index contributed by atoms with van der Waals surface area (Å²) >= 11 is 0. The minimum atomic E-state index is -0.545. The Balaban J connectivity index is 1.68. The summed E-state index contributed by atoms with van der Waals surface area (Å²) in [6.07, 6.45) is 7.86. The van der Waals surface area contributed by atoms with Crippen molar-refractivity contribution in [2.75, 3.05) is 11.9 Å². The van der Waals surface area contributed by atoms with Gasteiger partial charge in [-0.2, -0.15) is 0 Å². The molecule has 0 aromatic carbocycles. The zero-order chi connectivity index (χ0) is 20.1. The Labute approximate surface area is 163 Å². The van der Waals surface area contributed by atoms with Gasteiger partial charge < -0.3 is 11.1 Å². The van der Waals surface area contributed by atoms with E-state index in [1.807, 2.05) is 19.1 Å². The molecule has 28 heavy (non-hydrogen) atoms. The second kappa shape index (κ2) is 8.29. The third-order valence-electron chi connectivity index (χ3n) is 5.21. The van der Waals surface area contributed by atoms with E-state index < -0.39 is 5.91 Å². The number of anilines is 1. The van der Waals surface area contributed by atoms with E-state index in [0.29, 0.717) is 12.2 Å². The maximum absolute atomic E-state index is 14.2. The Morgan fingerprint density at radius 1 is 1.32 bits per heavy atom. The SMILES string of the molecule is CC(=N/C=C(\C)c1ccc(NCC2(c3ncccc3F)CCC2)nc1)C(N)=O. The highest BCUT2D eigenvalue weighted by molar-refractivity contribution is 6.37. The standard InChI is InChI=1S/C21H24FN5O/c1-14(11-25-15(2)20(23)28)16-6-7-18(26-12-16)27-13-21(8-4-9-21)19-17(22)5-3-10-24-19/h3,5-7,10-12H,4,8-9,13H2,1-2H3,(H2,23,28)(H,26,27)/b14-11+,25-15?. The second-order valence-corrected chi connectivity index (χ2v) is 7.14. The molecule has 0 atom stereocenters. The molecule has 1 aliphatic rings. The Morgan fingerprint density at radius 2 is 2.11 bits per heavy atom. The van der Waals surface area contributed by atoms with Crippen LogP contribution in [0.2, 0.25) is 0 Å². The number of pyridine rings is 2. The fourth-order valence-corrected chi connectivity index (χ4v) is 3.20. The molecule has 2 aromatic heterocycles. The number of hydrogen-bond donors (Lipinski definition) is 2. The van der Waals surface area contributed by atoms with Crippen molar-refractivity contribution in [3.05, 3.63) is 59.9 Å². The first-order valence-corrected chi connectivity index (χ1v) is 9.23. The molecular formula is C21H24FN5O. The van der Waals surface area contributed by atoms with E-state index in [2.05, 4.69) is 20.3 Å². The van der Waals surface area contributed by atoms with Gasteiger partial charge >= 0.3 is 0 Å². The van der Waals surface area contributed by atoms with Crippen LogP contribution < -0.4 is 11.1 Å². The summed E-state index contributed by atoms with van der Waals surface area (Å²) in [6.45, 7) is 4.04. The number of rotatable bonds is 7. The number of nitrogens with zero attached hydrogens (tertiary/aromatic N) is 3. The fraction of sp³-hybridized carbons (Fsp3) is 0.333. The number of nitrogens with two attached hydrogens (primary N) is 1. The largest absolute Gasteiger partial charge is 0.369 e. The molecule has 7 heteroatoms. The van der Waals surface area contributed by atoms with E-state index in [4.69, 9.17) is 5.73 Å². The van der Waals surface area contributed by atoms with Crippen molar-refractivity contribution in [2.24, 2.45) is 10.7 Å². The van der Waals surface area contributed by atoms with Gasteiger partial charge in [0.2, 0.25) is 0 Å². The van der Waals surface area contributed by atoms with Crippen LogP contribution in [0.5, 0.6) is 0 Å². The van der Waals surface area contributed by atoms with Crippen LogP contribution in [0.25, 0.3) is 5.57 Å². The molecule has 3 N–H and O–H groups in total. The zero-order valence-electron chi connectivity index (χ0n) is 16.1. The molecule has 0 bridgehead atoms. The smallest absolute Gasteiger partial charge is 0.262 e. The third-order valence-corrected chi connectivity index (χ3v) is 5.21. The first-order valence-electron chi connectivity index (χ1n) is 9.23. The summed E-state index contributed by atoms with van der Waals surface area (Å²) in [5.74, 6) is -0.0770. The van der Waals surface area contributed by atoms with Gasteiger partial charge in [-0.3, -0.25) is 14.8 Å². The van der Waals surface area contributed by atoms with Crippen molar-refractivity contribution in [1.82, 2.24) is 9.97 Å². The number of hydrogen-bond acceptors (Lipinski definition) is 5. The lowest BCUT2D eigenvalue weighted by Crippen LogP contribution is -2.42. The number of amides is 1. The summed E-state index contributed by atoms with van der Waals surface area (Å²) in [4.78, 5) is 23.8. The van der Waals surface area contributed by atoms with E-state index in [9.17, 15) is 9.18 Å². The topological polar surface area (TPSA) is 93.3 Å². The summed E-state index contributed by atoms with van der Waals surface area (Å²) < 4.78 is 14.2. The molecule has 146 valence electrons. The number of aromatic nitrogens is 2. The monoisotopic (exact) mass is 381 g/mol. The summed E-state index contributed by atoms with van der Waals surface area (Å²) in [5, 5.41) is 3.32. The van der Waals surface area contributed by atoms with Crippen LogP contribution in [0.3, 0.4) is 0 Å². The normalized spacial score (nSPS) is 16.4. The van der Waals surface area contributed by atoms with Crippen LogP contribution in [0, 0.1) is 5.82 Å². The van der Waals surface area contributed by atoms with Crippen molar-refractivity contribution in [3.8, 4) is 0 Å². The van der Waals surface area contributed by atoms with Crippen molar-refractivity contribution in [3.63, 3.8) is 0 Å². The van der Waals surface area contributed by atoms with Gasteiger partial charge in [0.05, 0.1) is 5.69 Å². The average Bonchev–Trinajstić information content (AvgIpc) is 2.66. The van der Waals surface area contributed by atoms with Gasteiger partial charge in [-0.1, -0.05) is 6.42 Å². The Morgan fingerprint density at radius 3 is 2.68 bits per heavy atom. The minimum absolute atomic E-state index is 0.248. The predicted molar refractivity (Wildman–Crippen MR) is 108 cm³/mol. The van der Waals surface area contributed by atoms with Crippen LogP contribution >= 0.6 is 0 Å². The van der Waals surface area contributed by atoms with Crippen molar-refractivity contribution in [1.29, 1.82) is 0 Å². The Hall–Kier alpha value is -3.09. The highest BCUT2D eigenvalue weighted by Crippen LogP contribution is 2.43. The number of carbonyl (C=O) groups excluding carboxylic acids is 1. The van der Waals surface area contributed by atoms with E-state index in [0.717, 1.165) is 36.2 Å². The van der Waals surface area contributed by atoms with Crippen LogP contribution in [-0.2, 0) is 10.2 Å². The lowest BCUT2D eigenvalue weighted by molar-refractivity contribution is -0.112. The molecule has 1 amide bonds. The van der Waals surface area contributed by atoms with Gasteiger partial charge in [-0.05, 0) is 62.1 Å². The molecule has 0 radical (unpaired) electrons. The fourth-order valence-electron chi connectivity index (χ4n) is 3.20. The number of aliphatic imine (C=N–C) groups is 1. The maximum Gasteiger partial charge on any atom is 0.262 e. The lowest BCUT2D eigenvalue weighted by Gasteiger charge is -2.41. The van der Waals surface area contributed by atoms with Crippen LogP contribution in [-0.4, -0.2) is 28.1 Å². The quantitative estimate of drug-likeness (QED) is 0.718. The highest BCUT2D eigenvalue weighted by Gasteiger charge is 2.41. The van der Waals surface area contributed by atoms with Gasteiger partial charge in [-0.25, -0.2) is 9.37 Å². The molecule has 1 fully saturated rings. The average molecular weight is 381 g/mol. The minimum Gasteiger partial charge on any atom is -0.369 e. The molecule has 0 aliphatic heterocycles. The summed E-state index contributed by atoms with van der Waals surface area (Å²) in [5.41, 5.74) is 7.43. The molecule has 2 heterocycles. The maximum atomic E-state index is 14.2.